The molecule has 1 aliphatic rings. The predicted octanol–water partition coefficient (Wildman–Crippen LogP) is 5.18. The van der Waals surface area contributed by atoms with Crippen LogP contribution in [-0.4, -0.2) is 52.9 Å². The first-order chi connectivity index (χ1) is 18.2. The second-order valence-electron chi connectivity index (χ2n) is 9.47. The molecule has 1 amide bonds. The van der Waals surface area contributed by atoms with Gasteiger partial charge in [-0.25, -0.2) is 4.98 Å². The van der Waals surface area contributed by atoms with Crippen LogP contribution in [-0.2, 0) is 17.8 Å². The molecule has 5 rings (SSSR count). The van der Waals surface area contributed by atoms with Gasteiger partial charge in [-0.05, 0) is 29.7 Å². The number of aryl methyl sites for hydroxylation is 1. The summed E-state index contributed by atoms with van der Waals surface area (Å²) >= 11 is 1.42. The molecule has 1 fully saturated rings. The molecule has 0 aliphatic carbocycles. The van der Waals surface area contributed by atoms with E-state index in [-0.39, 0.29) is 5.91 Å². The highest BCUT2D eigenvalue weighted by Crippen LogP contribution is 2.23. The van der Waals surface area contributed by atoms with Gasteiger partial charge >= 0.3 is 0 Å². The lowest BCUT2D eigenvalue weighted by atomic mass is 10.1. The minimum atomic E-state index is 0.205. The molecule has 0 saturated carbocycles. The van der Waals surface area contributed by atoms with Crippen LogP contribution in [0.15, 0.2) is 84.9 Å². The summed E-state index contributed by atoms with van der Waals surface area (Å²) < 4.78 is 4.62. The molecule has 7 heteroatoms. The molecule has 1 aromatic heterocycles. The van der Waals surface area contributed by atoms with Crippen molar-refractivity contribution in [3.05, 3.63) is 107 Å². The van der Waals surface area contributed by atoms with Crippen LogP contribution in [0, 0.1) is 6.92 Å². The molecule has 2 heterocycles. The van der Waals surface area contributed by atoms with Crippen LogP contribution in [0.1, 0.15) is 28.9 Å². The normalized spacial score (nSPS) is 13.5. The molecule has 1 aliphatic heterocycles. The molecule has 6 nitrogen and oxygen atoms in total. The Bertz CT molecular complexity index is 1290. The monoisotopic (exact) mass is 511 g/mol. The third kappa shape index (κ3) is 6.54. The van der Waals surface area contributed by atoms with Gasteiger partial charge in [0.2, 0.25) is 11.0 Å². The number of benzene rings is 3. The van der Waals surface area contributed by atoms with Crippen LogP contribution in [0.25, 0.3) is 0 Å². The molecule has 4 aromatic rings. The SMILES string of the molecule is Cc1ccccc1N1CCN(C(=O)CCN(Cc2ccccc2)c2nc(Cc3ccccc3)ns2)CC1. The zero-order valence-corrected chi connectivity index (χ0v) is 22.1. The van der Waals surface area contributed by atoms with Gasteiger partial charge in [0.1, 0.15) is 5.82 Å². The van der Waals surface area contributed by atoms with Crippen molar-refractivity contribution in [1.29, 1.82) is 0 Å². The molecule has 0 bridgehead atoms. The number of carbonyl (C=O) groups excluding carboxylic acids is 1. The third-order valence-electron chi connectivity index (χ3n) is 6.83. The largest absolute Gasteiger partial charge is 0.368 e. The highest BCUT2D eigenvalue weighted by molar-refractivity contribution is 7.09. The summed E-state index contributed by atoms with van der Waals surface area (Å²) in [5, 5.41) is 0.868. The molecule has 0 unspecified atom stereocenters. The summed E-state index contributed by atoms with van der Waals surface area (Å²) in [6, 6.07) is 29.1. The summed E-state index contributed by atoms with van der Waals surface area (Å²) in [6.45, 7) is 6.71. The van der Waals surface area contributed by atoms with Gasteiger partial charge in [-0.2, -0.15) is 4.37 Å². The Kier molecular flexibility index (Phi) is 8.11. The fourth-order valence-electron chi connectivity index (χ4n) is 4.77. The second kappa shape index (κ2) is 12.0. The minimum Gasteiger partial charge on any atom is -0.368 e. The lowest BCUT2D eigenvalue weighted by Gasteiger charge is -2.37. The highest BCUT2D eigenvalue weighted by atomic mass is 32.1. The number of anilines is 2. The van der Waals surface area contributed by atoms with Crippen LogP contribution in [0.4, 0.5) is 10.8 Å². The number of hydrogen-bond acceptors (Lipinski definition) is 6. The van der Waals surface area contributed by atoms with E-state index in [1.165, 1.54) is 33.9 Å². The van der Waals surface area contributed by atoms with Gasteiger partial charge < -0.3 is 14.7 Å². The summed E-state index contributed by atoms with van der Waals surface area (Å²) in [5.41, 5.74) is 4.94. The number of nitrogens with zero attached hydrogens (tertiary/aromatic N) is 5. The van der Waals surface area contributed by atoms with Gasteiger partial charge in [0.15, 0.2) is 0 Å². The van der Waals surface area contributed by atoms with Crippen molar-refractivity contribution in [2.75, 3.05) is 42.5 Å². The molecular formula is C30H33N5OS. The summed E-state index contributed by atoms with van der Waals surface area (Å²) in [7, 11) is 0. The first-order valence-electron chi connectivity index (χ1n) is 12.9. The Hall–Kier alpha value is -3.71. The number of piperazine rings is 1. The van der Waals surface area contributed by atoms with Gasteiger partial charge in [-0.1, -0.05) is 78.9 Å². The highest BCUT2D eigenvalue weighted by Gasteiger charge is 2.23. The molecule has 1 saturated heterocycles. The van der Waals surface area contributed by atoms with Gasteiger partial charge in [-0.15, -0.1) is 0 Å². The van der Waals surface area contributed by atoms with E-state index in [2.05, 4.69) is 69.6 Å². The number of para-hydroxylation sites is 1. The van der Waals surface area contributed by atoms with Crippen LogP contribution in [0.2, 0.25) is 0 Å². The molecular weight excluding hydrogens is 478 g/mol. The van der Waals surface area contributed by atoms with Crippen molar-refractivity contribution in [2.45, 2.75) is 26.3 Å². The van der Waals surface area contributed by atoms with Crippen LogP contribution < -0.4 is 9.80 Å². The van der Waals surface area contributed by atoms with E-state index in [1.54, 1.807) is 0 Å². The van der Waals surface area contributed by atoms with E-state index in [9.17, 15) is 4.79 Å². The van der Waals surface area contributed by atoms with E-state index >= 15 is 0 Å². The topological polar surface area (TPSA) is 52.6 Å². The van der Waals surface area contributed by atoms with Crippen LogP contribution in [0.3, 0.4) is 0 Å². The molecule has 0 N–H and O–H groups in total. The van der Waals surface area contributed by atoms with Crippen LogP contribution >= 0.6 is 11.5 Å². The van der Waals surface area contributed by atoms with Crippen LogP contribution in [0.5, 0.6) is 0 Å². The summed E-state index contributed by atoms with van der Waals surface area (Å²) in [4.78, 5) is 24.6. The van der Waals surface area contributed by atoms with Gasteiger partial charge in [0.05, 0.1) is 0 Å². The fourth-order valence-corrected chi connectivity index (χ4v) is 5.48. The third-order valence-corrected chi connectivity index (χ3v) is 7.65. The summed E-state index contributed by atoms with van der Waals surface area (Å²) in [5.74, 6) is 1.03. The van der Waals surface area contributed by atoms with E-state index in [1.807, 2.05) is 41.3 Å². The van der Waals surface area contributed by atoms with Gasteiger partial charge in [-0.3, -0.25) is 4.79 Å². The molecule has 3 aromatic carbocycles. The van der Waals surface area contributed by atoms with E-state index < -0.39 is 0 Å². The lowest BCUT2D eigenvalue weighted by Crippen LogP contribution is -2.49. The standard InChI is InChI=1S/C30H33N5OS/c1-24-10-8-9-15-27(24)33-18-20-34(21-19-33)29(36)16-17-35(23-26-13-6-3-7-14-26)30-31-28(32-37-30)22-25-11-4-2-5-12-25/h2-15H,16-23H2,1H3. The smallest absolute Gasteiger partial charge is 0.224 e. The fraction of sp³-hybridized carbons (Fsp3) is 0.300. The molecule has 190 valence electrons. The Balaban J connectivity index is 1.21. The van der Waals surface area contributed by atoms with Gasteiger partial charge in [0.25, 0.3) is 0 Å². The first-order valence-corrected chi connectivity index (χ1v) is 13.7. The van der Waals surface area contributed by atoms with Gasteiger partial charge in [0, 0.05) is 69.3 Å². The Morgan fingerprint density at radius 1 is 0.865 bits per heavy atom. The van der Waals surface area contributed by atoms with Crippen molar-refractivity contribution in [2.24, 2.45) is 0 Å². The lowest BCUT2D eigenvalue weighted by molar-refractivity contribution is -0.131. The van der Waals surface area contributed by atoms with Crippen molar-refractivity contribution >= 4 is 28.3 Å². The van der Waals surface area contributed by atoms with E-state index in [4.69, 9.17) is 4.98 Å². The van der Waals surface area contributed by atoms with Crippen molar-refractivity contribution < 1.29 is 4.79 Å². The number of amides is 1. The maximum absolute atomic E-state index is 13.2. The summed E-state index contributed by atoms with van der Waals surface area (Å²) in [6.07, 6.45) is 1.17. The van der Waals surface area contributed by atoms with E-state index in [0.29, 0.717) is 25.9 Å². The average molecular weight is 512 g/mol. The average Bonchev–Trinajstić information content (AvgIpc) is 3.40. The zero-order valence-electron chi connectivity index (χ0n) is 21.3. The molecule has 0 atom stereocenters. The van der Waals surface area contributed by atoms with Crippen molar-refractivity contribution in [3.8, 4) is 0 Å². The maximum atomic E-state index is 13.2. The number of aromatic nitrogens is 2. The number of hydrogen-bond donors (Lipinski definition) is 0. The molecule has 37 heavy (non-hydrogen) atoms. The Labute approximate surface area is 223 Å². The maximum Gasteiger partial charge on any atom is 0.224 e. The first kappa shape index (κ1) is 25.0. The Morgan fingerprint density at radius 2 is 1.51 bits per heavy atom. The Morgan fingerprint density at radius 3 is 2.22 bits per heavy atom. The minimum absolute atomic E-state index is 0.205. The second-order valence-corrected chi connectivity index (χ2v) is 10.2. The number of carbonyl (C=O) groups is 1. The van der Waals surface area contributed by atoms with E-state index in [0.717, 1.165) is 37.1 Å². The number of rotatable bonds is 9. The predicted molar refractivity (Wildman–Crippen MR) is 151 cm³/mol. The zero-order chi connectivity index (χ0) is 25.5. The molecule has 0 radical (unpaired) electrons. The van der Waals surface area contributed by atoms with Crippen molar-refractivity contribution in [1.82, 2.24) is 14.3 Å². The quantitative estimate of drug-likeness (QED) is 0.310. The molecule has 0 spiro atoms. The van der Waals surface area contributed by atoms with Crippen molar-refractivity contribution in [3.63, 3.8) is 0 Å².